The number of anilines is 1. The predicted molar refractivity (Wildman–Crippen MR) is 116 cm³/mol. The van der Waals surface area contributed by atoms with Gasteiger partial charge in [0.2, 0.25) is 11.7 Å². The van der Waals surface area contributed by atoms with E-state index in [-0.39, 0.29) is 11.7 Å². The number of methoxy groups -OCH3 is 1. The highest BCUT2D eigenvalue weighted by atomic mass is 35.5. The monoisotopic (exact) mass is 440 g/mol. The van der Waals surface area contributed by atoms with Gasteiger partial charge >= 0.3 is 0 Å². The lowest BCUT2D eigenvalue weighted by Gasteiger charge is -2.13. The molecule has 152 valence electrons. The summed E-state index contributed by atoms with van der Waals surface area (Å²) in [6.45, 7) is 0. The molecule has 0 aliphatic carbocycles. The highest BCUT2D eigenvalue weighted by Crippen LogP contribution is 2.32. The molecule has 0 saturated heterocycles. The fraction of sp³-hybridized carbons (Fsp3) is 0.0952. The molecule has 2 aromatic carbocycles. The highest BCUT2D eigenvalue weighted by molar-refractivity contribution is 7.99. The number of carbonyl (C=O) groups excluding carboxylic acids is 1. The minimum absolute atomic E-state index is 0.122. The van der Waals surface area contributed by atoms with Gasteiger partial charge in [0.05, 0.1) is 35.5 Å². The maximum Gasteiger partial charge on any atom is 0.234 e. The van der Waals surface area contributed by atoms with Crippen LogP contribution in [-0.4, -0.2) is 33.5 Å². The number of aromatic nitrogens is 3. The van der Waals surface area contributed by atoms with Gasteiger partial charge in [0.15, 0.2) is 10.9 Å². The van der Waals surface area contributed by atoms with Crippen LogP contribution in [0.15, 0.2) is 76.5 Å². The van der Waals surface area contributed by atoms with Gasteiger partial charge in [0, 0.05) is 0 Å². The summed E-state index contributed by atoms with van der Waals surface area (Å²) in [5.41, 5.74) is 1.30. The molecule has 0 atom stereocenters. The molecule has 0 aliphatic rings. The first-order valence-electron chi connectivity index (χ1n) is 8.97. The summed E-state index contributed by atoms with van der Waals surface area (Å²) in [5.74, 6) is 1.63. The molecule has 1 amide bonds. The van der Waals surface area contributed by atoms with Crippen molar-refractivity contribution in [1.82, 2.24) is 14.8 Å². The van der Waals surface area contributed by atoms with Crippen LogP contribution in [-0.2, 0) is 4.79 Å². The summed E-state index contributed by atoms with van der Waals surface area (Å²) in [6, 6.07) is 18.2. The zero-order chi connectivity index (χ0) is 20.9. The summed E-state index contributed by atoms with van der Waals surface area (Å²) in [5, 5.41) is 12.4. The highest BCUT2D eigenvalue weighted by Gasteiger charge is 2.21. The number of nitrogens with zero attached hydrogens (tertiary/aromatic N) is 3. The van der Waals surface area contributed by atoms with Gasteiger partial charge < -0.3 is 14.5 Å². The third-order valence-corrected chi connectivity index (χ3v) is 5.44. The average Bonchev–Trinajstić information content (AvgIpc) is 3.43. The minimum atomic E-state index is -0.206. The number of benzene rings is 2. The van der Waals surface area contributed by atoms with E-state index in [0.717, 1.165) is 5.69 Å². The number of amides is 1. The first-order chi connectivity index (χ1) is 14.7. The second kappa shape index (κ2) is 9.06. The first-order valence-corrected chi connectivity index (χ1v) is 10.3. The van der Waals surface area contributed by atoms with E-state index in [0.29, 0.717) is 33.2 Å². The van der Waals surface area contributed by atoms with Gasteiger partial charge in [0.25, 0.3) is 0 Å². The second-order valence-corrected chi connectivity index (χ2v) is 7.46. The lowest BCUT2D eigenvalue weighted by Crippen LogP contribution is -2.15. The maximum absolute atomic E-state index is 12.5. The number of para-hydroxylation sites is 3. The van der Waals surface area contributed by atoms with Gasteiger partial charge in [-0.3, -0.25) is 9.36 Å². The van der Waals surface area contributed by atoms with Gasteiger partial charge in [-0.1, -0.05) is 47.6 Å². The van der Waals surface area contributed by atoms with Crippen LogP contribution in [0.2, 0.25) is 5.02 Å². The number of hydrogen-bond donors (Lipinski definition) is 1. The second-order valence-electron chi connectivity index (χ2n) is 6.11. The van der Waals surface area contributed by atoms with Crippen molar-refractivity contribution < 1.29 is 13.9 Å². The van der Waals surface area contributed by atoms with Gasteiger partial charge in [-0.15, -0.1) is 10.2 Å². The Morgan fingerprint density at radius 2 is 1.93 bits per heavy atom. The Kier molecular flexibility index (Phi) is 6.06. The topological polar surface area (TPSA) is 82.2 Å². The molecule has 0 bridgehead atoms. The lowest BCUT2D eigenvalue weighted by molar-refractivity contribution is -0.113. The Hall–Kier alpha value is -3.23. The van der Waals surface area contributed by atoms with Gasteiger partial charge in [-0.05, 0) is 36.4 Å². The summed E-state index contributed by atoms with van der Waals surface area (Å²) in [4.78, 5) is 12.5. The summed E-state index contributed by atoms with van der Waals surface area (Å²) < 4.78 is 12.8. The molecule has 0 saturated carbocycles. The third-order valence-electron chi connectivity index (χ3n) is 4.18. The van der Waals surface area contributed by atoms with E-state index in [1.54, 1.807) is 43.7 Å². The van der Waals surface area contributed by atoms with E-state index in [1.165, 1.54) is 11.8 Å². The molecule has 0 unspecified atom stereocenters. The number of furan rings is 1. The van der Waals surface area contributed by atoms with Crippen molar-refractivity contribution in [3.05, 3.63) is 71.9 Å². The molecule has 30 heavy (non-hydrogen) atoms. The molecule has 2 heterocycles. The number of halogens is 1. The molecule has 9 heteroatoms. The van der Waals surface area contributed by atoms with Crippen LogP contribution < -0.4 is 10.1 Å². The SMILES string of the molecule is COc1ccccc1-n1c(SCC(=O)Nc2ccccc2Cl)nnc1-c1ccco1. The molecular weight excluding hydrogens is 424 g/mol. The summed E-state index contributed by atoms with van der Waals surface area (Å²) >= 11 is 7.36. The first kappa shape index (κ1) is 20.1. The van der Waals surface area contributed by atoms with Crippen LogP contribution in [0.25, 0.3) is 17.3 Å². The van der Waals surface area contributed by atoms with Gasteiger partial charge in [-0.2, -0.15) is 0 Å². The Morgan fingerprint density at radius 1 is 1.13 bits per heavy atom. The predicted octanol–water partition coefficient (Wildman–Crippen LogP) is 4.92. The summed E-state index contributed by atoms with van der Waals surface area (Å²) in [7, 11) is 1.60. The number of thioether (sulfide) groups is 1. The van der Waals surface area contributed by atoms with Crippen molar-refractivity contribution in [2.75, 3.05) is 18.2 Å². The van der Waals surface area contributed by atoms with Gasteiger partial charge in [0.1, 0.15) is 5.75 Å². The van der Waals surface area contributed by atoms with E-state index >= 15 is 0 Å². The number of nitrogens with one attached hydrogen (secondary N) is 1. The number of carbonyl (C=O) groups is 1. The number of hydrogen-bond acceptors (Lipinski definition) is 6. The molecule has 1 N–H and O–H groups in total. The molecule has 7 nitrogen and oxygen atoms in total. The number of ether oxygens (including phenoxy) is 1. The normalized spacial score (nSPS) is 10.7. The van der Waals surface area contributed by atoms with E-state index in [2.05, 4.69) is 15.5 Å². The van der Waals surface area contributed by atoms with E-state index in [1.807, 2.05) is 34.9 Å². The van der Waals surface area contributed by atoms with Crippen LogP contribution in [0, 0.1) is 0 Å². The van der Waals surface area contributed by atoms with Crippen molar-refractivity contribution >= 4 is 35.0 Å². The fourth-order valence-electron chi connectivity index (χ4n) is 2.84. The zero-order valence-corrected chi connectivity index (χ0v) is 17.5. The van der Waals surface area contributed by atoms with E-state index in [4.69, 9.17) is 20.8 Å². The minimum Gasteiger partial charge on any atom is -0.495 e. The molecule has 0 radical (unpaired) electrons. The van der Waals surface area contributed by atoms with E-state index < -0.39 is 0 Å². The number of rotatable bonds is 7. The van der Waals surface area contributed by atoms with E-state index in [9.17, 15) is 4.79 Å². The Bertz CT molecular complexity index is 1160. The smallest absolute Gasteiger partial charge is 0.234 e. The van der Waals surface area contributed by atoms with Crippen LogP contribution in [0.3, 0.4) is 0 Å². The third kappa shape index (κ3) is 4.19. The van der Waals surface area contributed by atoms with Crippen molar-refractivity contribution in [3.63, 3.8) is 0 Å². The fourth-order valence-corrected chi connectivity index (χ4v) is 3.77. The Morgan fingerprint density at radius 3 is 2.70 bits per heavy atom. The van der Waals surface area contributed by atoms with Crippen LogP contribution in [0.5, 0.6) is 5.75 Å². The Balaban J connectivity index is 1.62. The van der Waals surface area contributed by atoms with Crippen molar-refractivity contribution in [2.24, 2.45) is 0 Å². The lowest BCUT2D eigenvalue weighted by atomic mass is 10.3. The molecule has 0 spiro atoms. The maximum atomic E-state index is 12.5. The summed E-state index contributed by atoms with van der Waals surface area (Å²) in [6.07, 6.45) is 1.57. The van der Waals surface area contributed by atoms with Crippen molar-refractivity contribution in [1.29, 1.82) is 0 Å². The standard InChI is InChI=1S/C21H17ClN4O3S/c1-28-17-10-5-4-9-16(17)26-20(18-11-6-12-29-18)24-25-21(26)30-13-19(27)23-15-8-3-2-7-14(15)22/h2-12H,13H2,1H3,(H,23,27). The van der Waals surface area contributed by atoms with Crippen molar-refractivity contribution in [3.8, 4) is 23.0 Å². The molecule has 4 rings (SSSR count). The van der Waals surface area contributed by atoms with Crippen molar-refractivity contribution in [2.45, 2.75) is 5.16 Å². The van der Waals surface area contributed by atoms with Gasteiger partial charge in [-0.25, -0.2) is 0 Å². The largest absolute Gasteiger partial charge is 0.495 e. The Labute approximate surface area is 182 Å². The zero-order valence-electron chi connectivity index (χ0n) is 15.9. The molecule has 0 fully saturated rings. The molecular formula is C21H17ClN4O3S. The molecule has 0 aliphatic heterocycles. The van der Waals surface area contributed by atoms with Crippen LogP contribution in [0.1, 0.15) is 0 Å². The quantitative estimate of drug-likeness (QED) is 0.411. The molecule has 4 aromatic rings. The molecule has 2 aromatic heterocycles. The van der Waals surface area contributed by atoms with Crippen LogP contribution in [0.4, 0.5) is 5.69 Å². The van der Waals surface area contributed by atoms with Crippen LogP contribution >= 0.6 is 23.4 Å². The average molecular weight is 441 g/mol.